The molecule has 0 aliphatic heterocycles. The summed E-state index contributed by atoms with van der Waals surface area (Å²) in [6.45, 7) is 3.89. The van der Waals surface area contributed by atoms with Crippen molar-refractivity contribution in [2.45, 2.75) is 39.7 Å². The minimum absolute atomic E-state index is 0.109. The standard InChI is InChI=1S/C17H18N4O3S/c1-9-3-4-11-12(5-9)25-16-15(11)17(23)21(8-18-16)7-13(22)19-14-6-10(2)20-24-14/h6,8-9H,3-5,7H2,1-2H3,(H,19,22). The number of anilines is 1. The second-order valence-corrected chi connectivity index (χ2v) is 7.67. The van der Waals surface area contributed by atoms with Crippen molar-refractivity contribution in [3.8, 4) is 0 Å². The van der Waals surface area contributed by atoms with E-state index in [-0.39, 0.29) is 23.9 Å². The monoisotopic (exact) mass is 358 g/mol. The van der Waals surface area contributed by atoms with Gasteiger partial charge in [-0.2, -0.15) is 0 Å². The molecule has 25 heavy (non-hydrogen) atoms. The number of nitrogens with zero attached hydrogens (tertiary/aromatic N) is 3. The van der Waals surface area contributed by atoms with Gasteiger partial charge in [-0.25, -0.2) is 4.98 Å². The number of carbonyl (C=O) groups excluding carboxylic acids is 1. The zero-order valence-electron chi connectivity index (χ0n) is 14.0. The first-order valence-corrected chi connectivity index (χ1v) is 9.05. The number of hydrogen-bond donors (Lipinski definition) is 1. The normalized spacial score (nSPS) is 16.8. The molecule has 1 amide bonds. The van der Waals surface area contributed by atoms with Crippen LogP contribution in [0.4, 0.5) is 5.88 Å². The quantitative estimate of drug-likeness (QED) is 0.777. The van der Waals surface area contributed by atoms with Crippen LogP contribution < -0.4 is 10.9 Å². The van der Waals surface area contributed by atoms with Crippen LogP contribution in [0.5, 0.6) is 0 Å². The molecule has 3 heterocycles. The molecule has 8 heteroatoms. The van der Waals surface area contributed by atoms with Gasteiger partial charge in [0.05, 0.1) is 17.4 Å². The van der Waals surface area contributed by atoms with Crippen molar-refractivity contribution in [2.75, 3.05) is 5.32 Å². The van der Waals surface area contributed by atoms with Gasteiger partial charge in [-0.15, -0.1) is 11.3 Å². The molecule has 1 unspecified atom stereocenters. The summed E-state index contributed by atoms with van der Waals surface area (Å²) in [5, 5.41) is 6.99. The SMILES string of the molecule is Cc1cc(NC(=O)Cn2cnc3sc4c(c3c2=O)CCC(C)C4)on1. The van der Waals surface area contributed by atoms with Crippen molar-refractivity contribution >= 4 is 33.3 Å². The summed E-state index contributed by atoms with van der Waals surface area (Å²) in [5.41, 5.74) is 1.65. The zero-order valence-corrected chi connectivity index (χ0v) is 14.9. The molecule has 0 aromatic carbocycles. The molecular formula is C17H18N4O3S. The number of hydrogen-bond acceptors (Lipinski definition) is 6. The van der Waals surface area contributed by atoms with E-state index >= 15 is 0 Å². The predicted octanol–water partition coefficient (Wildman–Crippen LogP) is 2.52. The molecule has 0 radical (unpaired) electrons. The van der Waals surface area contributed by atoms with E-state index in [0.717, 1.165) is 29.7 Å². The Morgan fingerprint density at radius 1 is 1.52 bits per heavy atom. The number of amides is 1. The maximum Gasteiger partial charge on any atom is 0.262 e. The van der Waals surface area contributed by atoms with Gasteiger partial charge >= 0.3 is 0 Å². The van der Waals surface area contributed by atoms with Crippen LogP contribution >= 0.6 is 11.3 Å². The van der Waals surface area contributed by atoms with E-state index in [4.69, 9.17) is 4.52 Å². The molecule has 1 N–H and O–H groups in total. The highest BCUT2D eigenvalue weighted by molar-refractivity contribution is 7.18. The molecule has 0 saturated heterocycles. The fourth-order valence-electron chi connectivity index (χ4n) is 3.23. The Morgan fingerprint density at radius 3 is 3.12 bits per heavy atom. The number of aryl methyl sites for hydroxylation is 2. The molecule has 7 nitrogen and oxygen atoms in total. The first-order chi connectivity index (χ1) is 12.0. The molecule has 0 bridgehead atoms. The number of fused-ring (bicyclic) bond motifs is 3. The van der Waals surface area contributed by atoms with Gasteiger partial charge in [0.2, 0.25) is 11.8 Å². The summed E-state index contributed by atoms with van der Waals surface area (Å²) in [5.74, 6) is 0.558. The minimum Gasteiger partial charge on any atom is -0.338 e. The van der Waals surface area contributed by atoms with Crippen LogP contribution in [0.15, 0.2) is 21.7 Å². The summed E-state index contributed by atoms with van der Waals surface area (Å²) in [4.78, 5) is 31.4. The lowest BCUT2D eigenvalue weighted by Gasteiger charge is -2.17. The molecule has 0 spiro atoms. The fraction of sp³-hybridized carbons (Fsp3) is 0.412. The highest BCUT2D eigenvalue weighted by atomic mass is 32.1. The maximum atomic E-state index is 12.8. The van der Waals surface area contributed by atoms with Gasteiger partial charge in [-0.1, -0.05) is 12.1 Å². The van der Waals surface area contributed by atoms with Gasteiger partial charge in [0, 0.05) is 10.9 Å². The molecule has 1 aliphatic rings. The Hall–Kier alpha value is -2.48. The van der Waals surface area contributed by atoms with E-state index in [1.807, 2.05) is 0 Å². The average molecular weight is 358 g/mol. The maximum absolute atomic E-state index is 12.8. The highest BCUT2D eigenvalue weighted by Gasteiger charge is 2.23. The van der Waals surface area contributed by atoms with Gasteiger partial charge in [0.15, 0.2) is 0 Å². The summed E-state index contributed by atoms with van der Waals surface area (Å²) in [6.07, 6.45) is 4.43. The molecule has 3 aromatic heterocycles. The molecule has 4 rings (SSSR count). The fourth-order valence-corrected chi connectivity index (χ4v) is 4.57. The highest BCUT2D eigenvalue weighted by Crippen LogP contribution is 2.35. The van der Waals surface area contributed by atoms with Crippen molar-refractivity contribution in [3.05, 3.63) is 38.9 Å². The van der Waals surface area contributed by atoms with Crippen molar-refractivity contribution in [1.82, 2.24) is 14.7 Å². The smallest absolute Gasteiger partial charge is 0.262 e. The molecule has 1 atom stereocenters. The molecular weight excluding hydrogens is 340 g/mol. The Kier molecular flexibility index (Phi) is 3.91. The van der Waals surface area contributed by atoms with Crippen molar-refractivity contribution < 1.29 is 9.32 Å². The van der Waals surface area contributed by atoms with Gasteiger partial charge in [-0.3, -0.25) is 19.5 Å². The van der Waals surface area contributed by atoms with Gasteiger partial charge < -0.3 is 4.52 Å². The van der Waals surface area contributed by atoms with E-state index in [2.05, 4.69) is 22.4 Å². The van der Waals surface area contributed by atoms with Crippen molar-refractivity contribution in [3.63, 3.8) is 0 Å². The van der Waals surface area contributed by atoms with E-state index < -0.39 is 0 Å². The summed E-state index contributed by atoms with van der Waals surface area (Å²) >= 11 is 1.60. The van der Waals surface area contributed by atoms with Gasteiger partial charge in [0.25, 0.3) is 5.56 Å². The molecule has 3 aromatic rings. The Bertz CT molecular complexity index is 1020. The third kappa shape index (κ3) is 2.97. The third-order valence-electron chi connectivity index (χ3n) is 4.49. The molecule has 0 saturated carbocycles. The Morgan fingerprint density at radius 2 is 2.36 bits per heavy atom. The predicted molar refractivity (Wildman–Crippen MR) is 94.9 cm³/mol. The summed E-state index contributed by atoms with van der Waals surface area (Å²) in [7, 11) is 0. The summed E-state index contributed by atoms with van der Waals surface area (Å²) in [6, 6.07) is 1.62. The van der Waals surface area contributed by atoms with Crippen LogP contribution in [0.3, 0.4) is 0 Å². The van der Waals surface area contributed by atoms with Gasteiger partial charge in [0.1, 0.15) is 11.4 Å². The van der Waals surface area contributed by atoms with E-state index in [1.54, 1.807) is 24.3 Å². The number of carbonyl (C=O) groups is 1. The van der Waals surface area contributed by atoms with E-state index in [0.29, 0.717) is 17.0 Å². The van der Waals surface area contributed by atoms with Crippen LogP contribution in [-0.4, -0.2) is 20.6 Å². The molecule has 130 valence electrons. The number of rotatable bonds is 3. The van der Waals surface area contributed by atoms with Crippen LogP contribution in [0.2, 0.25) is 0 Å². The first kappa shape index (κ1) is 16.0. The minimum atomic E-state index is -0.350. The average Bonchev–Trinajstić information content (AvgIpc) is 3.13. The number of nitrogens with one attached hydrogen (secondary N) is 1. The van der Waals surface area contributed by atoms with E-state index in [9.17, 15) is 9.59 Å². The topological polar surface area (TPSA) is 90.0 Å². The third-order valence-corrected chi connectivity index (χ3v) is 5.65. The molecule has 0 fully saturated rings. The largest absolute Gasteiger partial charge is 0.338 e. The number of thiophene rings is 1. The van der Waals surface area contributed by atoms with Crippen LogP contribution in [0, 0.1) is 12.8 Å². The summed E-state index contributed by atoms with van der Waals surface area (Å²) < 4.78 is 6.31. The Balaban J connectivity index is 1.63. The lowest BCUT2D eigenvalue weighted by atomic mass is 9.89. The van der Waals surface area contributed by atoms with Crippen molar-refractivity contribution in [1.29, 1.82) is 0 Å². The lowest BCUT2D eigenvalue weighted by molar-refractivity contribution is -0.116. The van der Waals surface area contributed by atoms with E-state index in [1.165, 1.54) is 15.8 Å². The van der Waals surface area contributed by atoms with Crippen molar-refractivity contribution in [2.24, 2.45) is 5.92 Å². The van der Waals surface area contributed by atoms with Crippen LogP contribution in [-0.2, 0) is 24.2 Å². The van der Waals surface area contributed by atoms with Gasteiger partial charge in [-0.05, 0) is 37.7 Å². The molecule has 1 aliphatic carbocycles. The zero-order chi connectivity index (χ0) is 17.6. The second kappa shape index (κ2) is 6.11. The van der Waals surface area contributed by atoms with Crippen LogP contribution in [0.1, 0.15) is 29.5 Å². The second-order valence-electron chi connectivity index (χ2n) is 6.59. The Labute approximate surface area is 147 Å². The number of aromatic nitrogens is 3. The lowest BCUT2D eigenvalue weighted by Crippen LogP contribution is -2.28. The van der Waals surface area contributed by atoms with Crippen LogP contribution in [0.25, 0.3) is 10.2 Å². The first-order valence-electron chi connectivity index (χ1n) is 8.24.